The average molecular weight is 271 g/mol. The van der Waals surface area contributed by atoms with E-state index in [2.05, 4.69) is 5.32 Å². The Morgan fingerprint density at radius 1 is 1.05 bits per heavy atom. The largest absolute Gasteiger partial charge is 0.480 e. The van der Waals surface area contributed by atoms with E-state index in [0.29, 0.717) is 11.1 Å². The number of carbonyl (C=O) groups is 1. The van der Waals surface area contributed by atoms with Gasteiger partial charge in [0.15, 0.2) is 5.54 Å². The van der Waals surface area contributed by atoms with Gasteiger partial charge in [0.2, 0.25) is 0 Å². The fourth-order valence-electron chi connectivity index (χ4n) is 2.37. The highest BCUT2D eigenvalue weighted by Crippen LogP contribution is 2.35. The van der Waals surface area contributed by atoms with Crippen molar-refractivity contribution in [3.63, 3.8) is 0 Å². The zero-order chi connectivity index (χ0) is 14.6. The Kier molecular flexibility index (Phi) is 4.17. The number of aliphatic hydroxyl groups excluding tert-OH is 1. The van der Waals surface area contributed by atoms with Crippen molar-refractivity contribution in [2.75, 3.05) is 7.05 Å². The van der Waals surface area contributed by atoms with E-state index in [1.807, 2.05) is 6.07 Å². The predicted molar refractivity (Wildman–Crippen MR) is 76.2 cm³/mol. The molecule has 0 aromatic heterocycles. The summed E-state index contributed by atoms with van der Waals surface area (Å²) >= 11 is 0. The van der Waals surface area contributed by atoms with E-state index in [4.69, 9.17) is 0 Å². The molecule has 0 unspecified atom stereocenters. The quantitative estimate of drug-likeness (QED) is 0.777. The predicted octanol–water partition coefficient (Wildman–Crippen LogP) is 1.92. The van der Waals surface area contributed by atoms with Gasteiger partial charge in [-0.05, 0) is 18.2 Å². The van der Waals surface area contributed by atoms with Crippen LogP contribution in [0.1, 0.15) is 17.2 Å². The fourth-order valence-corrected chi connectivity index (χ4v) is 2.37. The van der Waals surface area contributed by atoms with Gasteiger partial charge in [-0.3, -0.25) is 5.32 Å². The summed E-state index contributed by atoms with van der Waals surface area (Å²) in [5.41, 5.74) is -0.526. The second-order valence-electron chi connectivity index (χ2n) is 4.54. The number of carboxylic acids is 1. The first-order valence-electron chi connectivity index (χ1n) is 6.33. The fraction of sp³-hybridized carbons (Fsp3) is 0.188. The summed E-state index contributed by atoms with van der Waals surface area (Å²) in [7, 11) is 1.54. The van der Waals surface area contributed by atoms with Gasteiger partial charge in [0.1, 0.15) is 6.10 Å². The molecule has 104 valence electrons. The molecule has 0 aliphatic rings. The number of hydrogen-bond acceptors (Lipinski definition) is 3. The minimum atomic E-state index is -1.58. The maximum atomic E-state index is 11.8. The van der Waals surface area contributed by atoms with Crippen molar-refractivity contribution < 1.29 is 15.0 Å². The minimum Gasteiger partial charge on any atom is -0.480 e. The Balaban J connectivity index is 2.56. The van der Waals surface area contributed by atoms with Crippen molar-refractivity contribution in [2.24, 2.45) is 0 Å². The van der Waals surface area contributed by atoms with Gasteiger partial charge in [0, 0.05) is 0 Å². The Labute approximate surface area is 117 Å². The molecule has 0 radical (unpaired) electrons. The summed E-state index contributed by atoms with van der Waals surface area (Å²) in [5.74, 6) is -1.12. The van der Waals surface area contributed by atoms with Crippen molar-refractivity contribution in [1.82, 2.24) is 5.32 Å². The van der Waals surface area contributed by atoms with Crippen LogP contribution < -0.4 is 5.32 Å². The lowest BCUT2D eigenvalue weighted by atomic mass is 9.81. The number of benzene rings is 2. The number of likely N-dealkylation sites (N-methyl/N-ethyl adjacent to an activating group) is 1. The molecule has 3 N–H and O–H groups in total. The lowest BCUT2D eigenvalue weighted by Crippen LogP contribution is -2.52. The van der Waals surface area contributed by atoms with E-state index in [1.165, 1.54) is 7.05 Å². The SMILES string of the molecule is CN[C@@](C(=O)O)(c1ccccc1)[C@H](O)c1ccccc1. The van der Waals surface area contributed by atoms with Crippen LogP contribution >= 0.6 is 0 Å². The average Bonchev–Trinajstić information content (AvgIpc) is 2.50. The second-order valence-corrected chi connectivity index (χ2v) is 4.54. The van der Waals surface area contributed by atoms with Crippen LogP contribution in [0.5, 0.6) is 0 Å². The van der Waals surface area contributed by atoms with Crippen LogP contribution in [0.3, 0.4) is 0 Å². The summed E-state index contributed by atoms with van der Waals surface area (Å²) in [4.78, 5) is 11.8. The lowest BCUT2D eigenvalue weighted by molar-refractivity contribution is -0.151. The Morgan fingerprint density at radius 3 is 2.00 bits per heavy atom. The molecular weight excluding hydrogens is 254 g/mol. The molecular formula is C16H17NO3. The minimum absolute atomic E-state index is 0.506. The molecule has 2 aromatic carbocycles. The lowest BCUT2D eigenvalue weighted by Gasteiger charge is -2.34. The van der Waals surface area contributed by atoms with Crippen molar-refractivity contribution in [3.05, 3.63) is 71.8 Å². The van der Waals surface area contributed by atoms with Crippen LogP contribution in [0.4, 0.5) is 0 Å². The first kappa shape index (κ1) is 14.2. The maximum absolute atomic E-state index is 11.8. The zero-order valence-electron chi connectivity index (χ0n) is 11.2. The molecule has 0 aliphatic carbocycles. The highest BCUT2D eigenvalue weighted by Gasteiger charge is 2.46. The molecule has 4 nitrogen and oxygen atoms in total. The molecule has 2 aromatic rings. The highest BCUT2D eigenvalue weighted by atomic mass is 16.4. The van der Waals surface area contributed by atoms with E-state index >= 15 is 0 Å². The molecule has 0 saturated carbocycles. The van der Waals surface area contributed by atoms with E-state index in [-0.39, 0.29) is 0 Å². The van der Waals surface area contributed by atoms with Gasteiger partial charge in [0.05, 0.1) is 0 Å². The van der Waals surface area contributed by atoms with Crippen LogP contribution in [0.2, 0.25) is 0 Å². The molecule has 0 heterocycles. The van der Waals surface area contributed by atoms with Crippen LogP contribution in [0, 0.1) is 0 Å². The molecule has 0 bridgehead atoms. The third-order valence-corrected chi connectivity index (χ3v) is 3.49. The zero-order valence-corrected chi connectivity index (χ0v) is 11.2. The number of aliphatic hydroxyl groups is 1. The van der Waals surface area contributed by atoms with Gasteiger partial charge in [-0.1, -0.05) is 60.7 Å². The molecule has 0 fully saturated rings. The van der Waals surface area contributed by atoms with Crippen molar-refractivity contribution in [2.45, 2.75) is 11.6 Å². The van der Waals surface area contributed by atoms with Crippen LogP contribution in [0.15, 0.2) is 60.7 Å². The number of hydrogen-bond donors (Lipinski definition) is 3. The topological polar surface area (TPSA) is 69.6 Å². The summed E-state index contributed by atoms with van der Waals surface area (Å²) in [6.45, 7) is 0. The van der Waals surface area contributed by atoms with Gasteiger partial charge in [-0.25, -0.2) is 4.79 Å². The smallest absolute Gasteiger partial charge is 0.331 e. The molecule has 2 atom stereocenters. The molecule has 20 heavy (non-hydrogen) atoms. The molecule has 0 aliphatic heterocycles. The van der Waals surface area contributed by atoms with Gasteiger partial charge in [-0.15, -0.1) is 0 Å². The summed E-state index contributed by atoms with van der Waals surface area (Å²) in [5, 5.41) is 23.1. The van der Waals surface area contributed by atoms with Gasteiger partial charge in [-0.2, -0.15) is 0 Å². The molecule has 2 rings (SSSR count). The summed E-state index contributed by atoms with van der Waals surface area (Å²) in [6, 6.07) is 17.5. The van der Waals surface area contributed by atoms with Crippen LogP contribution in [0.25, 0.3) is 0 Å². The Morgan fingerprint density at radius 2 is 1.55 bits per heavy atom. The normalized spacial score (nSPS) is 15.3. The van der Waals surface area contributed by atoms with Gasteiger partial charge in [0.25, 0.3) is 0 Å². The van der Waals surface area contributed by atoms with E-state index in [0.717, 1.165) is 0 Å². The van der Waals surface area contributed by atoms with Gasteiger partial charge >= 0.3 is 5.97 Å². The molecule has 0 saturated heterocycles. The van der Waals surface area contributed by atoms with Crippen LogP contribution in [-0.2, 0) is 10.3 Å². The number of rotatable bonds is 5. The second kappa shape index (κ2) is 5.86. The van der Waals surface area contributed by atoms with Crippen molar-refractivity contribution >= 4 is 5.97 Å². The number of aliphatic carboxylic acids is 1. The van der Waals surface area contributed by atoms with E-state index < -0.39 is 17.6 Å². The first-order chi connectivity index (χ1) is 9.63. The summed E-state index contributed by atoms with van der Waals surface area (Å²) in [6.07, 6.45) is -1.20. The number of carboxylic acid groups (broad SMARTS) is 1. The van der Waals surface area contributed by atoms with E-state index in [9.17, 15) is 15.0 Å². The third-order valence-electron chi connectivity index (χ3n) is 3.49. The maximum Gasteiger partial charge on any atom is 0.331 e. The molecule has 0 spiro atoms. The monoisotopic (exact) mass is 271 g/mol. The van der Waals surface area contributed by atoms with Crippen molar-refractivity contribution in [3.8, 4) is 0 Å². The van der Waals surface area contributed by atoms with Gasteiger partial charge < -0.3 is 10.2 Å². The third kappa shape index (κ3) is 2.31. The Bertz CT molecular complexity index is 571. The molecule has 0 amide bonds. The van der Waals surface area contributed by atoms with Crippen molar-refractivity contribution in [1.29, 1.82) is 0 Å². The standard InChI is InChI=1S/C16H17NO3/c1-17-16(15(19)20,13-10-6-3-7-11-13)14(18)12-8-4-2-5-9-12/h2-11,14,17-18H,1H3,(H,19,20)/t14-,16+/m1/s1. The molecule has 4 heteroatoms. The summed E-state index contributed by atoms with van der Waals surface area (Å²) < 4.78 is 0. The first-order valence-corrected chi connectivity index (χ1v) is 6.33. The Hall–Kier alpha value is -2.17. The van der Waals surface area contributed by atoms with E-state index in [1.54, 1.807) is 54.6 Å². The van der Waals surface area contributed by atoms with Crippen LogP contribution in [-0.4, -0.2) is 23.2 Å². The number of nitrogens with one attached hydrogen (secondary N) is 1. The highest BCUT2D eigenvalue weighted by molar-refractivity contribution is 5.82.